The van der Waals surface area contributed by atoms with Crippen molar-refractivity contribution in [3.63, 3.8) is 0 Å². The van der Waals surface area contributed by atoms with E-state index < -0.39 is 5.97 Å². The summed E-state index contributed by atoms with van der Waals surface area (Å²) < 4.78 is 0. The van der Waals surface area contributed by atoms with Gasteiger partial charge in [-0.05, 0) is 13.0 Å². The predicted octanol–water partition coefficient (Wildman–Crippen LogP) is -0.858. The van der Waals surface area contributed by atoms with Crippen LogP contribution in [0.1, 0.15) is 6.42 Å². The summed E-state index contributed by atoms with van der Waals surface area (Å²) in [5.74, 6) is 0.968. The van der Waals surface area contributed by atoms with Crippen LogP contribution in [-0.4, -0.2) is 48.1 Å². The Morgan fingerprint density at radius 1 is 1.60 bits per heavy atom. The lowest BCUT2D eigenvalue weighted by Gasteiger charge is -2.21. The molecule has 1 aliphatic rings. The van der Waals surface area contributed by atoms with Crippen molar-refractivity contribution in [1.29, 1.82) is 0 Å². The van der Waals surface area contributed by atoms with Gasteiger partial charge in [-0.15, -0.1) is 6.42 Å². The van der Waals surface area contributed by atoms with E-state index in [1.807, 2.05) is 0 Å². The maximum absolute atomic E-state index is 11.8. The number of nitrogens with one attached hydrogen (secondary N) is 1. The molecule has 1 atom stereocenters. The van der Waals surface area contributed by atoms with Crippen LogP contribution < -0.4 is 5.32 Å². The summed E-state index contributed by atoms with van der Waals surface area (Å²) in [6, 6.07) is 0. The third-order valence-corrected chi connectivity index (χ3v) is 2.33. The van der Waals surface area contributed by atoms with Crippen LogP contribution in [0, 0.1) is 18.3 Å². The molecule has 2 N–H and O–H groups in total. The summed E-state index contributed by atoms with van der Waals surface area (Å²) in [6.07, 6.45) is 5.84. The smallest absolute Gasteiger partial charge is 0.323 e. The lowest BCUT2D eigenvalue weighted by Crippen LogP contribution is -2.40. The molecule has 82 valence electrons. The molecule has 0 aromatic heterocycles. The Balaban J connectivity index is 2.57. The Morgan fingerprint density at radius 2 is 2.33 bits per heavy atom. The molecule has 1 aliphatic heterocycles. The molecule has 0 spiro atoms. The molecule has 1 amide bonds. The maximum atomic E-state index is 11.8. The topological polar surface area (TPSA) is 69.6 Å². The summed E-state index contributed by atoms with van der Waals surface area (Å²) >= 11 is 0. The zero-order chi connectivity index (χ0) is 11.3. The van der Waals surface area contributed by atoms with E-state index in [0.29, 0.717) is 6.54 Å². The van der Waals surface area contributed by atoms with Gasteiger partial charge in [0.2, 0.25) is 5.91 Å². The minimum absolute atomic E-state index is 0.0572. The number of nitrogens with zero attached hydrogens (tertiary/aromatic N) is 1. The normalized spacial score (nSPS) is 19.5. The highest BCUT2D eigenvalue weighted by molar-refractivity contribution is 5.83. The second-order valence-electron chi connectivity index (χ2n) is 3.48. The standard InChI is InChI=1S/C10H14N2O3/c1-2-5-12(7-9(13)14)10(15)8-3-4-11-6-8/h1,8,11H,3-7H2,(H,13,14). The fourth-order valence-electron chi connectivity index (χ4n) is 1.61. The lowest BCUT2D eigenvalue weighted by molar-refractivity contribution is -0.145. The third kappa shape index (κ3) is 3.26. The second-order valence-corrected chi connectivity index (χ2v) is 3.48. The molecule has 5 nitrogen and oxygen atoms in total. The molecular weight excluding hydrogens is 196 g/mol. The van der Waals surface area contributed by atoms with Crippen molar-refractivity contribution in [3.05, 3.63) is 0 Å². The predicted molar refractivity (Wildman–Crippen MR) is 54.0 cm³/mol. The molecular formula is C10H14N2O3. The zero-order valence-electron chi connectivity index (χ0n) is 8.40. The number of carbonyl (C=O) groups is 2. The van der Waals surface area contributed by atoms with Crippen molar-refractivity contribution in [1.82, 2.24) is 10.2 Å². The van der Waals surface area contributed by atoms with Gasteiger partial charge >= 0.3 is 5.97 Å². The van der Waals surface area contributed by atoms with Gasteiger partial charge < -0.3 is 15.3 Å². The SMILES string of the molecule is C#CCN(CC(=O)O)C(=O)C1CCNC1. The number of carbonyl (C=O) groups excluding carboxylic acids is 1. The van der Waals surface area contributed by atoms with E-state index >= 15 is 0 Å². The van der Waals surface area contributed by atoms with Crippen LogP contribution in [0.25, 0.3) is 0 Å². The molecule has 1 saturated heterocycles. The number of terminal acetylenes is 1. The Hall–Kier alpha value is -1.54. The van der Waals surface area contributed by atoms with Crippen molar-refractivity contribution in [2.24, 2.45) is 5.92 Å². The highest BCUT2D eigenvalue weighted by Crippen LogP contribution is 2.11. The average Bonchev–Trinajstić information content (AvgIpc) is 2.68. The van der Waals surface area contributed by atoms with Crippen molar-refractivity contribution >= 4 is 11.9 Å². The van der Waals surface area contributed by atoms with E-state index in [0.717, 1.165) is 13.0 Å². The quantitative estimate of drug-likeness (QED) is 0.592. The Morgan fingerprint density at radius 3 is 2.80 bits per heavy atom. The van der Waals surface area contributed by atoms with Crippen LogP contribution in [0.15, 0.2) is 0 Å². The first kappa shape index (κ1) is 11.5. The van der Waals surface area contributed by atoms with Gasteiger partial charge in [0, 0.05) is 6.54 Å². The number of hydrogen-bond donors (Lipinski definition) is 2. The van der Waals surface area contributed by atoms with E-state index in [1.54, 1.807) is 0 Å². The molecule has 1 fully saturated rings. The molecule has 0 aromatic rings. The van der Waals surface area contributed by atoms with Gasteiger partial charge in [0.05, 0.1) is 12.5 Å². The van der Waals surface area contributed by atoms with Gasteiger partial charge in [0.25, 0.3) is 0 Å². The molecule has 1 rings (SSSR count). The minimum Gasteiger partial charge on any atom is -0.480 e. The van der Waals surface area contributed by atoms with E-state index in [2.05, 4.69) is 11.2 Å². The van der Waals surface area contributed by atoms with Crippen molar-refractivity contribution < 1.29 is 14.7 Å². The molecule has 1 unspecified atom stereocenters. The Labute approximate surface area is 88.4 Å². The summed E-state index contributed by atoms with van der Waals surface area (Å²) in [4.78, 5) is 23.5. The first-order valence-corrected chi connectivity index (χ1v) is 4.80. The molecule has 0 bridgehead atoms. The van der Waals surface area contributed by atoms with E-state index in [1.165, 1.54) is 4.90 Å². The molecule has 15 heavy (non-hydrogen) atoms. The first-order chi connectivity index (χ1) is 7.15. The Kier molecular flexibility index (Phi) is 4.13. The molecule has 0 aliphatic carbocycles. The van der Waals surface area contributed by atoms with Gasteiger partial charge in [-0.3, -0.25) is 9.59 Å². The average molecular weight is 210 g/mol. The minimum atomic E-state index is -1.04. The summed E-state index contributed by atoms with van der Waals surface area (Å²) in [5.41, 5.74) is 0. The van der Waals surface area contributed by atoms with Gasteiger partial charge in [-0.25, -0.2) is 0 Å². The number of carboxylic acid groups (broad SMARTS) is 1. The number of aliphatic carboxylic acids is 1. The fourth-order valence-corrected chi connectivity index (χ4v) is 1.61. The highest BCUT2D eigenvalue weighted by atomic mass is 16.4. The van der Waals surface area contributed by atoms with Gasteiger partial charge in [0.15, 0.2) is 0 Å². The van der Waals surface area contributed by atoms with Crippen LogP contribution in [0.3, 0.4) is 0 Å². The van der Waals surface area contributed by atoms with E-state index in [4.69, 9.17) is 11.5 Å². The van der Waals surface area contributed by atoms with Gasteiger partial charge in [-0.2, -0.15) is 0 Å². The van der Waals surface area contributed by atoms with E-state index in [9.17, 15) is 9.59 Å². The van der Waals surface area contributed by atoms with Crippen LogP contribution >= 0.6 is 0 Å². The monoisotopic (exact) mass is 210 g/mol. The summed E-state index contributed by atoms with van der Waals surface area (Å²) in [7, 11) is 0. The fraction of sp³-hybridized carbons (Fsp3) is 0.600. The van der Waals surface area contributed by atoms with Crippen LogP contribution in [0.2, 0.25) is 0 Å². The highest BCUT2D eigenvalue weighted by Gasteiger charge is 2.27. The second kappa shape index (κ2) is 5.37. The van der Waals surface area contributed by atoms with Gasteiger partial charge in [0.1, 0.15) is 6.54 Å². The summed E-state index contributed by atoms with van der Waals surface area (Å²) in [6.45, 7) is 1.15. The molecule has 5 heteroatoms. The lowest BCUT2D eigenvalue weighted by atomic mass is 10.1. The Bertz CT molecular complexity index is 290. The number of rotatable bonds is 4. The molecule has 0 saturated carbocycles. The largest absolute Gasteiger partial charge is 0.480 e. The van der Waals surface area contributed by atoms with Crippen LogP contribution in [0.4, 0.5) is 0 Å². The number of hydrogen-bond acceptors (Lipinski definition) is 3. The van der Waals surface area contributed by atoms with Crippen molar-refractivity contribution in [2.45, 2.75) is 6.42 Å². The van der Waals surface area contributed by atoms with Crippen molar-refractivity contribution in [3.8, 4) is 12.3 Å². The maximum Gasteiger partial charge on any atom is 0.323 e. The number of amides is 1. The van der Waals surface area contributed by atoms with Crippen LogP contribution in [0.5, 0.6) is 0 Å². The van der Waals surface area contributed by atoms with Gasteiger partial charge in [-0.1, -0.05) is 5.92 Å². The van der Waals surface area contributed by atoms with Crippen molar-refractivity contribution in [2.75, 3.05) is 26.2 Å². The molecule has 0 aromatic carbocycles. The summed E-state index contributed by atoms with van der Waals surface area (Å²) in [5, 5.41) is 11.7. The first-order valence-electron chi connectivity index (χ1n) is 4.80. The zero-order valence-corrected chi connectivity index (χ0v) is 8.40. The third-order valence-electron chi connectivity index (χ3n) is 2.33. The molecule has 1 heterocycles. The number of carboxylic acids is 1. The van der Waals surface area contributed by atoms with Crippen LogP contribution in [-0.2, 0) is 9.59 Å². The van der Waals surface area contributed by atoms with E-state index in [-0.39, 0.29) is 24.9 Å². The molecule has 0 radical (unpaired) electrons.